The van der Waals surface area contributed by atoms with Crippen molar-refractivity contribution in [1.82, 2.24) is 14.9 Å². The number of hydrogen-bond donors (Lipinski definition) is 2. The fourth-order valence-corrected chi connectivity index (χ4v) is 3.52. The largest absolute Gasteiger partial charge is 0.496 e. The van der Waals surface area contributed by atoms with Gasteiger partial charge in [-0.05, 0) is 18.2 Å². The summed E-state index contributed by atoms with van der Waals surface area (Å²) in [6.45, 7) is 1.52. The Balaban J connectivity index is 1.63. The van der Waals surface area contributed by atoms with Crippen LogP contribution in [0.3, 0.4) is 0 Å². The van der Waals surface area contributed by atoms with E-state index in [0.717, 1.165) is 11.3 Å². The van der Waals surface area contributed by atoms with Gasteiger partial charge in [-0.2, -0.15) is 0 Å². The first-order valence-electron chi connectivity index (χ1n) is 7.79. The standard InChI is InChI=1S/C17H20N4O3S/c1-24-16-10-6-5-7-14(16)11-21-12-18-17(19-13-21)20-25(22,23)15-8-3-2-4-9-15/h2-10H,11-13H2,1H3,(H2,18,19,20). The van der Waals surface area contributed by atoms with E-state index >= 15 is 0 Å². The van der Waals surface area contributed by atoms with Gasteiger partial charge in [0.1, 0.15) is 5.75 Å². The van der Waals surface area contributed by atoms with Crippen LogP contribution >= 0.6 is 0 Å². The van der Waals surface area contributed by atoms with Crippen LogP contribution in [0.15, 0.2) is 64.5 Å². The van der Waals surface area contributed by atoms with Crippen molar-refractivity contribution in [3.05, 3.63) is 60.2 Å². The van der Waals surface area contributed by atoms with Gasteiger partial charge in [0.15, 0.2) is 0 Å². The summed E-state index contributed by atoms with van der Waals surface area (Å²) in [7, 11) is -1.99. The van der Waals surface area contributed by atoms with Gasteiger partial charge in [-0.15, -0.1) is 0 Å². The highest BCUT2D eigenvalue weighted by Crippen LogP contribution is 2.19. The Morgan fingerprint density at radius 1 is 1.16 bits per heavy atom. The zero-order valence-electron chi connectivity index (χ0n) is 13.8. The van der Waals surface area contributed by atoms with Crippen LogP contribution in [0.2, 0.25) is 0 Å². The Labute approximate surface area is 147 Å². The number of para-hydroxylation sites is 1. The van der Waals surface area contributed by atoms with Crippen LogP contribution < -0.4 is 14.8 Å². The molecule has 2 N–H and O–H groups in total. The number of rotatable bonds is 5. The van der Waals surface area contributed by atoms with E-state index in [-0.39, 0.29) is 10.9 Å². The van der Waals surface area contributed by atoms with Crippen molar-refractivity contribution in [3.63, 3.8) is 0 Å². The quantitative estimate of drug-likeness (QED) is 0.841. The SMILES string of the molecule is COc1ccccc1CN1CN=C(NS(=O)(=O)c2ccccc2)NC1. The van der Waals surface area contributed by atoms with E-state index in [1.807, 2.05) is 29.2 Å². The number of hydrogen-bond acceptors (Lipinski definition) is 6. The molecule has 0 spiro atoms. The maximum absolute atomic E-state index is 12.3. The first-order chi connectivity index (χ1) is 12.1. The van der Waals surface area contributed by atoms with Crippen molar-refractivity contribution in [2.45, 2.75) is 11.4 Å². The lowest BCUT2D eigenvalue weighted by Gasteiger charge is -2.27. The van der Waals surface area contributed by atoms with Crippen molar-refractivity contribution in [2.24, 2.45) is 4.99 Å². The highest BCUT2D eigenvalue weighted by atomic mass is 32.2. The number of nitrogens with zero attached hydrogens (tertiary/aromatic N) is 2. The van der Waals surface area contributed by atoms with Gasteiger partial charge >= 0.3 is 0 Å². The second-order valence-electron chi connectivity index (χ2n) is 5.54. The minimum Gasteiger partial charge on any atom is -0.496 e. The van der Waals surface area contributed by atoms with Crippen molar-refractivity contribution >= 4 is 16.0 Å². The molecule has 25 heavy (non-hydrogen) atoms. The molecule has 3 rings (SSSR count). The van der Waals surface area contributed by atoms with Crippen molar-refractivity contribution in [3.8, 4) is 5.75 Å². The van der Waals surface area contributed by atoms with E-state index in [2.05, 4.69) is 15.0 Å². The Kier molecular flexibility index (Phi) is 5.20. The zero-order chi connectivity index (χ0) is 17.7. The van der Waals surface area contributed by atoms with Gasteiger partial charge in [-0.25, -0.2) is 18.1 Å². The zero-order valence-corrected chi connectivity index (χ0v) is 14.7. The molecular formula is C17H20N4O3S. The van der Waals surface area contributed by atoms with Crippen molar-refractivity contribution in [2.75, 3.05) is 20.4 Å². The molecule has 0 aromatic heterocycles. The molecule has 0 saturated carbocycles. The lowest BCUT2D eigenvalue weighted by atomic mass is 10.2. The predicted octanol–water partition coefficient (Wildman–Crippen LogP) is 1.35. The first kappa shape index (κ1) is 17.2. The number of aliphatic imine (C=N–C) groups is 1. The summed E-state index contributed by atoms with van der Waals surface area (Å²) in [5.74, 6) is 1.07. The second-order valence-corrected chi connectivity index (χ2v) is 7.22. The Morgan fingerprint density at radius 3 is 2.56 bits per heavy atom. The number of sulfonamides is 1. The van der Waals surface area contributed by atoms with Crippen LogP contribution in [0, 0.1) is 0 Å². The van der Waals surface area contributed by atoms with Gasteiger partial charge in [0, 0.05) is 12.1 Å². The van der Waals surface area contributed by atoms with Crippen molar-refractivity contribution in [1.29, 1.82) is 0 Å². The molecule has 0 atom stereocenters. The minimum atomic E-state index is -3.63. The summed E-state index contributed by atoms with van der Waals surface area (Å²) in [4.78, 5) is 6.52. The monoisotopic (exact) mass is 360 g/mol. The average Bonchev–Trinajstić information content (AvgIpc) is 2.64. The van der Waals surface area contributed by atoms with Crippen LogP contribution in [-0.2, 0) is 16.6 Å². The van der Waals surface area contributed by atoms with Crippen molar-refractivity contribution < 1.29 is 13.2 Å². The van der Waals surface area contributed by atoms with Gasteiger partial charge < -0.3 is 10.1 Å². The van der Waals surface area contributed by atoms with Crippen LogP contribution in [0.1, 0.15) is 5.56 Å². The molecule has 0 bridgehead atoms. The van der Waals surface area contributed by atoms with E-state index in [0.29, 0.717) is 19.9 Å². The van der Waals surface area contributed by atoms with Gasteiger partial charge in [0.25, 0.3) is 10.0 Å². The average molecular weight is 360 g/mol. The second kappa shape index (κ2) is 7.54. The number of methoxy groups -OCH3 is 1. The minimum absolute atomic E-state index is 0.205. The maximum atomic E-state index is 12.3. The molecule has 0 fully saturated rings. The maximum Gasteiger partial charge on any atom is 0.264 e. The van der Waals surface area contributed by atoms with Crippen LogP contribution in [0.4, 0.5) is 0 Å². The molecule has 0 aliphatic carbocycles. The first-order valence-corrected chi connectivity index (χ1v) is 9.27. The molecule has 0 radical (unpaired) electrons. The normalized spacial score (nSPS) is 15.2. The Hall–Kier alpha value is -2.58. The molecule has 2 aromatic rings. The Morgan fingerprint density at radius 2 is 1.88 bits per heavy atom. The van der Waals surface area contributed by atoms with Gasteiger partial charge in [-0.3, -0.25) is 4.90 Å². The van der Waals surface area contributed by atoms with Crippen LogP contribution in [0.5, 0.6) is 5.75 Å². The Bertz CT molecular complexity index is 853. The molecule has 8 heteroatoms. The van der Waals surface area contributed by atoms with E-state index in [4.69, 9.17) is 4.74 Å². The molecule has 1 aliphatic heterocycles. The molecule has 1 heterocycles. The topological polar surface area (TPSA) is 83.0 Å². The summed E-state index contributed by atoms with van der Waals surface area (Å²) in [5.41, 5.74) is 1.05. The third-order valence-corrected chi connectivity index (χ3v) is 5.12. The lowest BCUT2D eigenvalue weighted by molar-refractivity contribution is 0.251. The van der Waals surface area contributed by atoms with Gasteiger partial charge in [0.05, 0.1) is 25.3 Å². The third-order valence-electron chi connectivity index (χ3n) is 3.77. The van der Waals surface area contributed by atoms with E-state index < -0.39 is 10.0 Å². The summed E-state index contributed by atoms with van der Waals surface area (Å²) < 4.78 is 32.4. The summed E-state index contributed by atoms with van der Waals surface area (Å²) in [6, 6.07) is 16.0. The number of nitrogens with one attached hydrogen (secondary N) is 2. The fourth-order valence-electron chi connectivity index (χ4n) is 2.50. The fraction of sp³-hybridized carbons (Fsp3) is 0.235. The summed E-state index contributed by atoms with van der Waals surface area (Å²) in [6.07, 6.45) is 0. The van der Waals surface area contributed by atoms with Gasteiger partial charge in [0.2, 0.25) is 5.96 Å². The smallest absolute Gasteiger partial charge is 0.264 e. The molecule has 0 saturated heterocycles. The highest BCUT2D eigenvalue weighted by molar-refractivity contribution is 7.90. The number of guanidine groups is 1. The van der Waals surface area contributed by atoms with E-state index in [1.165, 1.54) is 0 Å². The molecule has 1 aliphatic rings. The lowest BCUT2D eigenvalue weighted by Crippen LogP contribution is -2.49. The third kappa shape index (κ3) is 4.28. The van der Waals surface area contributed by atoms with Gasteiger partial charge in [-0.1, -0.05) is 36.4 Å². The summed E-state index contributed by atoms with van der Waals surface area (Å²) >= 11 is 0. The van der Waals surface area contributed by atoms with E-state index in [1.54, 1.807) is 37.4 Å². The number of ether oxygens (including phenoxy) is 1. The molecule has 0 amide bonds. The van der Waals surface area contributed by atoms with E-state index in [9.17, 15) is 8.42 Å². The molecule has 2 aromatic carbocycles. The van der Waals surface area contributed by atoms with Crippen LogP contribution in [-0.4, -0.2) is 39.7 Å². The molecular weight excluding hydrogens is 340 g/mol. The predicted molar refractivity (Wildman–Crippen MR) is 95.6 cm³/mol. The number of benzene rings is 2. The highest BCUT2D eigenvalue weighted by Gasteiger charge is 2.19. The summed E-state index contributed by atoms with van der Waals surface area (Å²) in [5, 5.41) is 3.00. The molecule has 0 unspecified atom stereocenters. The molecule has 7 nitrogen and oxygen atoms in total. The molecule has 132 valence electrons. The van der Waals surface area contributed by atoms with Crippen LogP contribution in [0.25, 0.3) is 0 Å².